The third kappa shape index (κ3) is 2.72. The van der Waals surface area contributed by atoms with Gasteiger partial charge in [-0.15, -0.1) is 0 Å². The van der Waals surface area contributed by atoms with E-state index < -0.39 is 0 Å². The summed E-state index contributed by atoms with van der Waals surface area (Å²) in [6, 6.07) is 15.1. The molecule has 2 heteroatoms. The molecule has 2 N–H and O–H groups in total. The number of nitrogens with zero attached hydrogens (tertiary/aromatic N) is 1. The van der Waals surface area contributed by atoms with Crippen molar-refractivity contribution in [2.24, 2.45) is 11.1 Å². The summed E-state index contributed by atoms with van der Waals surface area (Å²) in [6.45, 7) is 7.97. The fourth-order valence-electron chi connectivity index (χ4n) is 3.33. The maximum Gasteiger partial charge on any atom is 0.0430 e. The van der Waals surface area contributed by atoms with E-state index in [1.165, 1.54) is 29.3 Å². The lowest BCUT2D eigenvalue weighted by atomic mass is 9.93. The van der Waals surface area contributed by atoms with Crippen LogP contribution >= 0.6 is 0 Å². The zero-order valence-corrected chi connectivity index (χ0v) is 12.5. The minimum Gasteiger partial charge on any atom is -0.323 e. The molecule has 1 unspecified atom stereocenters. The van der Waals surface area contributed by atoms with Crippen molar-refractivity contribution in [2.75, 3.05) is 19.6 Å². The molecule has 1 atom stereocenters. The van der Waals surface area contributed by atoms with Gasteiger partial charge in [0.15, 0.2) is 0 Å². The lowest BCUT2D eigenvalue weighted by Gasteiger charge is -2.24. The second kappa shape index (κ2) is 5.19. The molecule has 1 aliphatic heterocycles. The Kier molecular flexibility index (Phi) is 3.53. The standard InChI is InChI=1S/C18H24N2/c1-18(2)10-11-20(13-18)12-17(19)16-9-5-7-14-6-3-4-8-15(14)16/h3-9,17H,10-13,19H2,1-2H3. The van der Waals surface area contributed by atoms with Crippen LogP contribution in [0.2, 0.25) is 0 Å². The Morgan fingerprint density at radius 1 is 1.15 bits per heavy atom. The molecule has 1 fully saturated rings. The van der Waals surface area contributed by atoms with Gasteiger partial charge in [0, 0.05) is 19.1 Å². The van der Waals surface area contributed by atoms with Gasteiger partial charge in [-0.3, -0.25) is 0 Å². The van der Waals surface area contributed by atoms with Crippen LogP contribution in [0.1, 0.15) is 31.9 Å². The van der Waals surface area contributed by atoms with Gasteiger partial charge in [0.1, 0.15) is 0 Å². The minimum absolute atomic E-state index is 0.0926. The number of likely N-dealkylation sites (tertiary alicyclic amines) is 1. The Balaban J connectivity index is 1.81. The van der Waals surface area contributed by atoms with Crippen LogP contribution in [0.4, 0.5) is 0 Å². The van der Waals surface area contributed by atoms with Gasteiger partial charge in [-0.25, -0.2) is 0 Å². The van der Waals surface area contributed by atoms with Crippen molar-refractivity contribution in [3.05, 3.63) is 48.0 Å². The normalized spacial score (nSPS) is 20.4. The SMILES string of the molecule is CC1(C)CCN(CC(N)c2cccc3ccccc23)C1. The van der Waals surface area contributed by atoms with Gasteiger partial charge in [0.2, 0.25) is 0 Å². The van der Waals surface area contributed by atoms with Gasteiger partial charge >= 0.3 is 0 Å². The number of hydrogen-bond donors (Lipinski definition) is 1. The van der Waals surface area contributed by atoms with Crippen molar-refractivity contribution in [1.29, 1.82) is 0 Å². The van der Waals surface area contributed by atoms with E-state index in [-0.39, 0.29) is 6.04 Å². The largest absolute Gasteiger partial charge is 0.323 e. The van der Waals surface area contributed by atoms with Gasteiger partial charge < -0.3 is 10.6 Å². The van der Waals surface area contributed by atoms with Gasteiger partial charge in [-0.2, -0.15) is 0 Å². The quantitative estimate of drug-likeness (QED) is 0.922. The summed E-state index contributed by atoms with van der Waals surface area (Å²) < 4.78 is 0. The van der Waals surface area contributed by atoms with Crippen molar-refractivity contribution >= 4 is 10.8 Å². The van der Waals surface area contributed by atoms with Crippen molar-refractivity contribution < 1.29 is 0 Å². The van der Waals surface area contributed by atoms with E-state index in [4.69, 9.17) is 5.73 Å². The molecule has 0 radical (unpaired) electrons. The van der Waals surface area contributed by atoms with Gasteiger partial charge in [-0.05, 0) is 34.7 Å². The highest BCUT2D eigenvalue weighted by molar-refractivity contribution is 5.86. The fourth-order valence-corrected chi connectivity index (χ4v) is 3.33. The van der Waals surface area contributed by atoms with Crippen LogP contribution in [0.3, 0.4) is 0 Å². The number of benzene rings is 2. The minimum atomic E-state index is 0.0926. The molecule has 0 aromatic heterocycles. The second-order valence-electron chi connectivity index (χ2n) is 6.82. The first-order valence-corrected chi connectivity index (χ1v) is 7.51. The summed E-state index contributed by atoms with van der Waals surface area (Å²) >= 11 is 0. The molecular weight excluding hydrogens is 244 g/mol. The van der Waals surface area contributed by atoms with Crippen molar-refractivity contribution in [2.45, 2.75) is 26.3 Å². The summed E-state index contributed by atoms with van der Waals surface area (Å²) in [6.07, 6.45) is 1.27. The number of fused-ring (bicyclic) bond motifs is 1. The van der Waals surface area contributed by atoms with E-state index in [9.17, 15) is 0 Å². The molecule has 3 rings (SSSR count). The van der Waals surface area contributed by atoms with Crippen LogP contribution in [-0.2, 0) is 0 Å². The van der Waals surface area contributed by atoms with Crippen molar-refractivity contribution in [3.63, 3.8) is 0 Å². The zero-order chi connectivity index (χ0) is 14.2. The molecule has 1 aliphatic rings. The molecule has 106 valence electrons. The second-order valence-corrected chi connectivity index (χ2v) is 6.82. The molecule has 2 aromatic rings. The number of rotatable bonds is 3. The summed E-state index contributed by atoms with van der Waals surface area (Å²) in [4.78, 5) is 2.51. The Hall–Kier alpha value is -1.38. The first-order valence-electron chi connectivity index (χ1n) is 7.51. The topological polar surface area (TPSA) is 29.3 Å². The first kappa shape index (κ1) is 13.6. The van der Waals surface area contributed by atoms with Gasteiger partial charge in [0.05, 0.1) is 0 Å². The third-order valence-corrected chi connectivity index (χ3v) is 4.43. The maximum absolute atomic E-state index is 6.49. The monoisotopic (exact) mass is 268 g/mol. The fraction of sp³-hybridized carbons (Fsp3) is 0.444. The van der Waals surface area contributed by atoms with E-state index in [0.717, 1.165) is 13.1 Å². The van der Waals surface area contributed by atoms with Crippen molar-refractivity contribution in [1.82, 2.24) is 4.90 Å². The molecule has 20 heavy (non-hydrogen) atoms. The third-order valence-electron chi connectivity index (χ3n) is 4.43. The van der Waals surface area contributed by atoms with Crippen LogP contribution in [0.5, 0.6) is 0 Å². The van der Waals surface area contributed by atoms with Crippen molar-refractivity contribution in [3.8, 4) is 0 Å². The molecule has 2 nitrogen and oxygen atoms in total. The average Bonchev–Trinajstić information content (AvgIpc) is 2.77. The van der Waals surface area contributed by atoms with Crippen LogP contribution in [-0.4, -0.2) is 24.5 Å². The predicted octanol–water partition coefficient (Wildman–Crippen LogP) is 3.57. The Morgan fingerprint density at radius 2 is 1.90 bits per heavy atom. The van der Waals surface area contributed by atoms with E-state index in [1.54, 1.807) is 0 Å². The van der Waals surface area contributed by atoms with E-state index >= 15 is 0 Å². The number of hydrogen-bond acceptors (Lipinski definition) is 2. The highest BCUT2D eigenvalue weighted by Gasteiger charge is 2.30. The molecule has 0 aliphatic carbocycles. The lowest BCUT2D eigenvalue weighted by Crippen LogP contribution is -2.31. The molecule has 0 amide bonds. The summed E-state index contributed by atoms with van der Waals surface area (Å²) in [5.74, 6) is 0. The molecule has 0 spiro atoms. The van der Waals surface area contributed by atoms with Crippen LogP contribution in [0.15, 0.2) is 42.5 Å². The van der Waals surface area contributed by atoms with E-state index in [1.807, 2.05) is 0 Å². The Morgan fingerprint density at radius 3 is 2.65 bits per heavy atom. The molecule has 0 bridgehead atoms. The summed E-state index contributed by atoms with van der Waals surface area (Å²) in [5.41, 5.74) is 8.20. The number of nitrogens with two attached hydrogens (primary N) is 1. The molecule has 1 saturated heterocycles. The smallest absolute Gasteiger partial charge is 0.0430 e. The van der Waals surface area contributed by atoms with Gasteiger partial charge in [0.25, 0.3) is 0 Å². The van der Waals surface area contributed by atoms with Crippen LogP contribution < -0.4 is 5.73 Å². The first-order chi connectivity index (χ1) is 9.55. The van der Waals surface area contributed by atoms with Crippen LogP contribution in [0.25, 0.3) is 10.8 Å². The zero-order valence-electron chi connectivity index (χ0n) is 12.5. The Bertz CT molecular complexity index is 598. The molecular formula is C18H24N2. The molecule has 1 heterocycles. The van der Waals surface area contributed by atoms with Gasteiger partial charge in [-0.1, -0.05) is 56.3 Å². The van der Waals surface area contributed by atoms with E-state index in [0.29, 0.717) is 5.41 Å². The summed E-state index contributed by atoms with van der Waals surface area (Å²) in [5, 5.41) is 2.57. The molecule has 0 saturated carbocycles. The average molecular weight is 268 g/mol. The highest BCUT2D eigenvalue weighted by Crippen LogP contribution is 2.30. The maximum atomic E-state index is 6.49. The molecule has 2 aromatic carbocycles. The summed E-state index contributed by atoms with van der Waals surface area (Å²) in [7, 11) is 0. The lowest BCUT2D eigenvalue weighted by molar-refractivity contribution is 0.276. The van der Waals surface area contributed by atoms with Crippen LogP contribution in [0, 0.1) is 5.41 Å². The predicted molar refractivity (Wildman–Crippen MR) is 85.7 cm³/mol. The van der Waals surface area contributed by atoms with E-state index in [2.05, 4.69) is 61.2 Å². The Labute approximate surface area is 121 Å². The highest BCUT2D eigenvalue weighted by atomic mass is 15.2.